The predicted octanol–water partition coefficient (Wildman–Crippen LogP) is 1.41. The monoisotopic (exact) mass is 493 g/mol. The van der Waals surface area contributed by atoms with Crippen LogP contribution in [0.3, 0.4) is 0 Å². The number of nitrogens with one attached hydrogen (secondary N) is 4. The lowest BCUT2D eigenvalue weighted by atomic mass is 10.0. The van der Waals surface area contributed by atoms with Crippen LogP contribution >= 0.6 is 0 Å². The van der Waals surface area contributed by atoms with Crippen LogP contribution in [-0.2, 0) is 14.4 Å². The Balaban J connectivity index is 1.13. The van der Waals surface area contributed by atoms with Crippen LogP contribution < -0.4 is 26.0 Å². The first kappa shape index (κ1) is 25.2. The first-order chi connectivity index (χ1) is 17.4. The quantitative estimate of drug-likeness (QED) is 0.371. The summed E-state index contributed by atoms with van der Waals surface area (Å²) in [5.74, 6) is 0.213. The molecule has 1 aliphatic carbocycles. The second-order valence-electron chi connectivity index (χ2n) is 8.93. The van der Waals surface area contributed by atoms with E-state index in [0.29, 0.717) is 11.3 Å². The summed E-state index contributed by atoms with van der Waals surface area (Å²) in [6.07, 6.45) is 2.12. The lowest BCUT2D eigenvalue weighted by Gasteiger charge is -2.32. The van der Waals surface area contributed by atoms with E-state index < -0.39 is 0 Å². The maximum Gasteiger partial charge on any atom is 0.251 e. The Morgan fingerprint density at radius 3 is 2.33 bits per heavy atom. The molecule has 1 saturated carbocycles. The minimum atomic E-state index is -0.293. The lowest BCUT2D eigenvalue weighted by molar-refractivity contribution is -0.139. The Morgan fingerprint density at radius 1 is 1.00 bits per heavy atom. The third kappa shape index (κ3) is 6.82. The van der Waals surface area contributed by atoms with Crippen molar-refractivity contribution >= 4 is 29.3 Å². The molecule has 10 heteroatoms. The highest BCUT2D eigenvalue weighted by Crippen LogP contribution is 2.30. The van der Waals surface area contributed by atoms with Crippen molar-refractivity contribution < 1.29 is 23.9 Å². The Morgan fingerprint density at radius 2 is 1.69 bits per heavy atom. The standard InChI is InChI=1S/C26H31N5O5/c1-36-21-10-6-17(7-11-21)22-14-24(33)31(16-29-22)15-23(32)27-12-13-28-25(34)18-4-8-20(9-5-18)30-26(35)19-2-3-19/h4-11,19,22,29H,2-3,12-16H2,1H3,(H,27,32)(H,28,34)(H,30,35). The van der Waals surface area contributed by atoms with Gasteiger partial charge in [0.05, 0.1) is 13.8 Å². The van der Waals surface area contributed by atoms with E-state index >= 15 is 0 Å². The summed E-state index contributed by atoms with van der Waals surface area (Å²) in [5, 5.41) is 11.6. The van der Waals surface area contributed by atoms with Gasteiger partial charge in [0.1, 0.15) is 12.3 Å². The molecule has 4 rings (SSSR count). The SMILES string of the molecule is COc1ccc(C2CC(=O)N(CC(=O)NCCNC(=O)c3ccc(NC(=O)C4CC4)cc3)CN2)cc1. The molecule has 4 amide bonds. The van der Waals surface area contributed by atoms with Crippen LogP contribution in [0.2, 0.25) is 0 Å². The number of hydrogen-bond donors (Lipinski definition) is 4. The Kier molecular flexibility index (Phi) is 8.17. The fourth-order valence-electron chi connectivity index (χ4n) is 3.90. The first-order valence-electron chi connectivity index (χ1n) is 12.0. The van der Waals surface area contributed by atoms with Crippen molar-refractivity contribution in [2.75, 3.05) is 38.7 Å². The maximum absolute atomic E-state index is 12.5. The largest absolute Gasteiger partial charge is 0.497 e. The van der Waals surface area contributed by atoms with Gasteiger partial charge in [0, 0.05) is 42.7 Å². The molecule has 4 N–H and O–H groups in total. The number of amides is 4. The number of methoxy groups -OCH3 is 1. The highest BCUT2D eigenvalue weighted by molar-refractivity contribution is 5.96. The van der Waals surface area contributed by atoms with E-state index in [9.17, 15) is 19.2 Å². The second-order valence-corrected chi connectivity index (χ2v) is 8.93. The predicted molar refractivity (Wildman–Crippen MR) is 133 cm³/mol. The van der Waals surface area contributed by atoms with Crippen LogP contribution in [-0.4, -0.2) is 61.9 Å². The molecule has 2 aromatic carbocycles. The molecule has 1 unspecified atom stereocenters. The number of ether oxygens (including phenoxy) is 1. The van der Waals surface area contributed by atoms with Crippen LogP contribution in [0.25, 0.3) is 0 Å². The van der Waals surface area contributed by atoms with Crippen LogP contribution in [0.1, 0.15) is 41.2 Å². The van der Waals surface area contributed by atoms with Crippen LogP contribution in [0.5, 0.6) is 5.75 Å². The summed E-state index contributed by atoms with van der Waals surface area (Å²) in [7, 11) is 1.60. The van der Waals surface area contributed by atoms with E-state index in [4.69, 9.17) is 4.74 Å². The summed E-state index contributed by atoms with van der Waals surface area (Å²) in [4.78, 5) is 50.4. The van der Waals surface area contributed by atoms with Crippen molar-refractivity contribution in [3.05, 3.63) is 59.7 Å². The minimum Gasteiger partial charge on any atom is -0.497 e. The van der Waals surface area contributed by atoms with Crippen molar-refractivity contribution in [2.24, 2.45) is 5.92 Å². The average molecular weight is 494 g/mol. The van der Waals surface area contributed by atoms with E-state index in [-0.39, 0.29) is 68.3 Å². The van der Waals surface area contributed by atoms with Gasteiger partial charge in [-0.25, -0.2) is 0 Å². The zero-order chi connectivity index (χ0) is 25.5. The number of hydrogen-bond acceptors (Lipinski definition) is 6. The topological polar surface area (TPSA) is 129 Å². The highest BCUT2D eigenvalue weighted by Gasteiger charge is 2.29. The third-order valence-electron chi connectivity index (χ3n) is 6.21. The third-order valence-corrected chi connectivity index (χ3v) is 6.21. The smallest absolute Gasteiger partial charge is 0.251 e. The average Bonchev–Trinajstić information content (AvgIpc) is 3.74. The number of carbonyl (C=O) groups is 4. The highest BCUT2D eigenvalue weighted by atomic mass is 16.5. The van der Waals surface area contributed by atoms with Gasteiger partial charge in [-0.15, -0.1) is 0 Å². The molecule has 36 heavy (non-hydrogen) atoms. The van der Waals surface area contributed by atoms with Gasteiger partial charge in [-0.2, -0.15) is 0 Å². The van der Waals surface area contributed by atoms with Crippen molar-refractivity contribution in [1.29, 1.82) is 0 Å². The van der Waals surface area contributed by atoms with Crippen molar-refractivity contribution in [3.63, 3.8) is 0 Å². The van der Waals surface area contributed by atoms with E-state index in [2.05, 4.69) is 21.3 Å². The molecule has 190 valence electrons. The summed E-state index contributed by atoms with van der Waals surface area (Å²) in [5.41, 5.74) is 2.11. The summed E-state index contributed by atoms with van der Waals surface area (Å²) in [6, 6.07) is 14.1. The van der Waals surface area contributed by atoms with Gasteiger partial charge < -0.3 is 25.6 Å². The molecule has 2 fully saturated rings. The van der Waals surface area contributed by atoms with Gasteiger partial charge in [0.2, 0.25) is 17.7 Å². The number of benzene rings is 2. The van der Waals surface area contributed by atoms with E-state index in [1.807, 2.05) is 24.3 Å². The zero-order valence-electron chi connectivity index (χ0n) is 20.2. The van der Waals surface area contributed by atoms with Crippen LogP contribution in [0.15, 0.2) is 48.5 Å². The number of anilines is 1. The van der Waals surface area contributed by atoms with Crippen LogP contribution in [0.4, 0.5) is 5.69 Å². The number of rotatable bonds is 10. The van der Waals surface area contributed by atoms with Crippen molar-refractivity contribution in [2.45, 2.75) is 25.3 Å². The van der Waals surface area contributed by atoms with Gasteiger partial charge >= 0.3 is 0 Å². The molecular weight excluding hydrogens is 462 g/mol. The first-order valence-corrected chi connectivity index (χ1v) is 12.0. The number of nitrogens with zero attached hydrogens (tertiary/aromatic N) is 1. The molecule has 1 aliphatic heterocycles. The van der Waals surface area contributed by atoms with Gasteiger partial charge in [-0.1, -0.05) is 12.1 Å². The Hall–Kier alpha value is -3.92. The van der Waals surface area contributed by atoms with E-state index in [1.165, 1.54) is 4.90 Å². The van der Waals surface area contributed by atoms with Crippen LogP contribution in [0, 0.1) is 5.92 Å². The minimum absolute atomic E-state index is 0.0158. The van der Waals surface area contributed by atoms with Gasteiger partial charge in [0.15, 0.2) is 0 Å². The maximum atomic E-state index is 12.5. The van der Waals surface area contributed by atoms with Gasteiger partial charge in [-0.3, -0.25) is 24.5 Å². The summed E-state index contributed by atoms with van der Waals surface area (Å²) < 4.78 is 5.16. The molecule has 0 bridgehead atoms. The Labute approximate surface area is 209 Å². The zero-order valence-corrected chi connectivity index (χ0v) is 20.2. The second kappa shape index (κ2) is 11.7. The molecule has 0 aromatic heterocycles. The van der Waals surface area contributed by atoms with Crippen molar-refractivity contribution in [3.8, 4) is 5.75 Å². The van der Waals surface area contributed by atoms with Crippen molar-refractivity contribution in [1.82, 2.24) is 20.9 Å². The fourth-order valence-corrected chi connectivity index (χ4v) is 3.90. The Bertz CT molecular complexity index is 1100. The molecule has 1 saturated heterocycles. The summed E-state index contributed by atoms with van der Waals surface area (Å²) in [6.45, 7) is 0.709. The molecule has 2 aromatic rings. The summed E-state index contributed by atoms with van der Waals surface area (Å²) >= 11 is 0. The molecular formula is C26H31N5O5. The van der Waals surface area contributed by atoms with E-state index in [0.717, 1.165) is 24.2 Å². The molecule has 10 nitrogen and oxygen atoms in total. The van der Waals surface area contributed by atoms with Gasteiger partial charge in [0.25, 0.3) is 5.91 Å². The molecule has 2 aliphatic rings. The molecule has 0 spiro atoms. The normalized spacial score (nSPS) is 17.3. The van der Waals surface area contributed by atoms with E-state index in [1.54, 1.807) is 31.4 Å². The lowest BCUT2D eigenvalue weighted by Crippen LogP contribution is -2.51. The number of carbonyl (C=O) groups excluding carboxylic acids is 4. The molecule has 1 heterocycles. The molecule has 1 atom stereocenters. The fraction of sp³-hybridized carbons (Fsp3) is 0.385. The van der Waals surface area contributed by atoms with Gasteiger partial charge in [-0.05, 0) is 54.8 Å². The molecule has 0 radical (unpaired) electrons.